The normalized spacial score (nSPS) is 11.1. The van der Waals surface area contributed by atoms with E-state index in [0.717, 1.165) is 16.7 Å². The summed E-state index contributed by atoms with van der Waals surface area (Å²) in [7, 11) is 1.49. The van der Waals surface area contributed by atoms with E-state index in [2.05, 4.69) is 20.2 Å². The summed E-state index contributed by atoms with van der Waals surface area (Å²) in [5.74, 6) is -0.332. The molecule has 0 bridgehead atoms. The van der Waals surface area contributed by atoms with Gasteiger partial charge in [-0.15, -0.1) is 0 Å². The minimum Gasteiger partial charge on any atom is -0.479 e. The zero-order valence-corrected chi connectivity index (χ0v) is 19.1. The van der Waals surface area contributed by atoms with Crippen LogP contribution in [0.15, 0.2) is 67.1 Å². The number of rotatable bonds is 7. The highest BCUT2D eigenvalue weighted by Gasteiger charge is 2.18. The Labute approximate surface area is 199 Å². The van der Waals surface area contributed by atoms with E-state index in [4.69, 9.17) is 9.47 Å². The second-order valence-corrected chi connectivity index (χ2v) is 7.68. The number of carbonyl (C=O) groups excluding carboxylic acids is 1. The predicted octanol–water partition coefficient (Wildman–Crippen LogP) is 4.05. The summed E-state index contributed by atoms with van der Waals surface area (Å²) in [6.07, 6.45) is 4.45. The molecule has 0 unspecified atom stereocenters. The predicted molar refractivity (Wildman–Crippen MR) is 126 cm³/mol. The molecule has 3 heterocycles. The molecule has 0 spiro atoms. The van der Waals surface area contributed by atoms with Gasteiger partial charge in [-0.05, 0) is 41.8 Å². The molecule has 0 aliphatic heterocycles. The van der Waals surface area contributed by atoms with Crippen LogP contribution in [0, 0.1) is 5.82 Å². The molecule has 3 aromatic heterocycles. The SMILES string of the molecule is CCOC(=O)c1cnn(-c2nc(OC)c3c(cnn3Cc3cc(F)cc(-c4ccccc4)c3)n2)c1. The van der Waals surface area contributed by atoms with Crippen molar-refractivity contribution < 1.29 is 18.7 Å². The van der Waals surface area contributed by atoms with Gasteiger partial charge in [0.15, 0.2) is 0 Å². The highest BCUT2D eigenvalue weighted by molar-refractivity contribution is 5.88. The number of aromatic nitrogens is 6. The summed E-state index contributed by atoms with van der Waals surface area (Å²) in [5.41, 5.74) is 3.78. The van der Waals surface area contributed by atoms with Crippen molar-refractivity contribution in [3.63, 3.8) is 0 Å². The van der Waals surface area contributed by atoms with Gasteiger partial charge in [-0.25, -0.2) is 18.9 Å². The fraction of sp³-hybridized carbons (Fsp3) is 0.160. The van der Waals surface area contributed by atoms with Crippen LogP contribution in [0.4, 0.5) is 4.39 Å². The maximum absolute atomic E-state index is 14.4. The van der Waals surface area contributed by atoms with Crippen molar-refractivity contribution in [2.24, 2.45) is 0 Å². The Hall–Kier alpha value is -4.60. The van der Waals surface area contributed by atoms with Crippen LogP contribution in [0.3, 0.4) is 0 Å². The number of methoxy groups -OCH3 is 1. The number of hydrogen-bond donors (Lipinski definition) is 0. The number of esters is 1. The number of fused-ring (bicyclic) bond motifs is 1. The molecule has 5 aromatic rings. The van der Waals surface area contributed by atoms with Crippen LogP contribution < -0.4 is 4.74 Å². The van der Waals surface area contributed by atoms with Crippen LogP contribution in [-0.4, -0.2) is 49.2 Å². The van der Waals surface area contributed by atoms with Crippen LogP contribution in [0.1, 0.15) is 22.8 Å². The van der Waals surface area contributed by atoms with Crippen molar-refractivity contribution in [2.75, 3.05) is 13.7 Å². The number of benzene rings is 2. The standard InChI is InChI=1S/C25H21FN6O3/c1-3-35-24(33)19-12-27-32(15-19)25-29-21-13-28-31(22(21)23(30-25)34-2)14-16-9-18(11-20(26)10-16)17-7-5-4-6-8-17/h4-13,15H,3,14H2,1-2H3. The number of carbonyl (C=O) groups is 1. The van der Waals surface area contributed by atoms with Crippen molar-refractivity contribution >= 4 is 17.0 Å². The lowest BCUT2D eigenvalue weighted by Gasteiger charge is -2.10. The molecule has 0 amide bonds. The Morgan fingerprint density at radius 2 is 1.86 bits per heavy atom. The van der Waals surface area contributed by atoms with Gasteiger partial charge in [0.25, 0.3) is 5.95 Å². The molecule has 0 N–H and O–H groups in total. The molecule has 0 atom stereocenters. The summed E-state index contributed by atoms with van der Waals surface area (Å²) >= 11 is 0. The van der Waals surface area contributed by atoms with Gasteiger partial charge in [0, 0.05) is 6.20 Å². The molecule has 5 rings (SSSR count). The van der Waals surface area contributed by atoms with E-state index in [-0.39, 0.29) is 36.4 Å². The Kier molecular flexibility index (Phi) is 5.92. The van der Waals surface area contributed by atoms with Crippen LogP contribution in [0.2, 0.25) is 0 Å². The van der Waals surface area contributed by atoms with Gasteiger partial charge in [-0.1, -0.05) is 30.3 Å². The van der Waals surface area contributed by atoms with Crippen molar-refractivity contribution in [2.45, 2.75) is 13.5 Å². The number of halogens is 1. The van der Waals surface area contributed by atoms with E-state index in [1.807, 2.05) is 36.4 Å². The fourth-order valence-corrected chi connectivity index (χ4v) is 3.78. The monoisotopic (exact) mass is 472 g/mol. The minimum absolute atomic E-state index is 0.210. The Balaban J connectivity index is 1.50. The number of hydrogen-bond acceptors (Lipinski definition) is 7. The molecule has 0 aliphatic carbocycles. The van der Waals surface area contributed by atoms with Gasteiger partial charge >= 0.3 is 5.97 Å². The summed E-state index contributed by atoms with van der Waals surface area (Å²) < 4.78 is 28.0. The summed E-state index contributed by atoms with van der Waals surface area (Å²) in [6.45, 7) is 2.28. The first kappa shape index (κ1) is 22.2. The van der Waals surface area contributed by atoms with Crippen LogP contribution >= 0.6 is 0 Å². The molecule has 0 fully saturated rings. The Bertz CT molecular complexity index is 1510. The molecule has 0 saturated carbocycles. The maximum atomic E-state index is 14.4. The quantitative estimate of drug-likeness (QED) is 0.330. The molecule has 9 nitrogen and oxygen atoms in total. The second kappa shape index (κ2) is 9.34. The average molecular weight is 472 g/mol. The van der Waals surface area contributed by atoms with Crippen LogP contribution in [-0.2, 0) is 11.3 Å². The van der Waals surface area contributed by atoms with Gasteiger partial charge in [0.1, 0.15) is 16.9 Å². The van der Waals surface area contributed by atoms with E-state index in [0.29, 0.717) is 11.0 Å². The molecule has 0 radical (unpaired) electrons. The zero-order valence-electron chi connectivity index (χ0n) is 19.1. The third kappa shape index (κ3) is 4.45. The third-order valence-corrected chi connectivity index (χ3v) is 5.33. The lowest BCUT2D eigenvalue weighted by Crippen LogP contribution is -2.07. The fourth-order valence-electron chi connectivity index (χ4n) is 3.78. The van der Waals surface area contributed by atoms with Gasteiger partial charge in [-0.2, -0.15) is 15.2 Å². The van der Waals surface area contributed by atoms with Gasteiger partial charge < -0.3 is 9.47 Å². The molecule has 0 saturated heterocycles. The minimum atomic E-state index is -0.482. The van der Waals surface area contributed by atoms with Gasteiger partial charge in [0.2, 0.25) is 5.88 Å². The Morgan fingerprint density at radius 3 is 2.63 bits per heavy atom. The first-order chi connectivity index (χ1) is 17.1. The van der Waals surface area contributed by atoms with Crippen molar-refractivity contribution in [3.8, 4) is 23.0 Å². The van der Waals surface area contributed by atoms with E-state index in [1.54, 1.807) is 17.8 Å². The zero-order chi connectivity index (χ0) is 24.4. The largest absolute Gasteiger partial charge is 0.479 e. The van der Waals surface area contributed by atoms with E-state index >= 15 is 0 Å². The first-order valence-electron chi connectivity index (χ1n) is 10.9. The highest BCUT2D eigenvalue weighted by atomic mass is 19.1. The number of nitrogens with zero attached hydrogens (tertiary/aromatic N) is 6. The van der Waals surface area contributed by atoms with E-state index in [1.165, 1.54) is 36.3 Å². The first-order valence-corrected chi connectivity index (χ1v) is 10.9. The molecule has 176 valence electrons. The van der Waals surface area contributed by atoms with Gasteiger partial charge in [0.05, 0.1) is 38.2 Å². The highest BCUT2D eigenvalue weighted by Crippen LogP contribution is 2.26. The third-order valence-electron chi connectivity index (χ3n) is 5.33. The average Bonchev–Trinajstić information content (AvgIpc) is 3.52. The van der Waals surface area contributed by atoms with Crippen LogP contribution in [0.5, 0.6) is 5.88 Å². The topological polar surface area (TPSA) is 97.0 Å². The molecule has 35 heavy (non-hydrogen) atoms. The smallest absolute Gasteiger partial charge is 0.341 e. The van der Waals surface area contributed by atoms with Crippen molar-refractivity contribution in [1.29, 1.82) is 0 Å². The summed E-state index contributed by atoms with van der Waals surface area (Å²) in [6, 6.07) is 14.5. The molecule has 2 aromatic carbocycles. The van der Waals surface area contributed by atoms with Gasteiger partial charge in [-0.3, -0.25) is 4.68 Å². The second-order valence-electron chi connectivity index (χ2n) is 7.68. The molecule has 10 heteroatoms. The molecular formula is C25H21FN6O3. The van der Waals surface area contributed by atoms with E-state index < -0.39 is 5.97 Å². The maximum Gasteiger partial charge on any atom is 0.341 e. The lowest BCUT2D eigenvalue weighted by atomic mass is 10.0. The lowest BCUT2D eigenvalue weighted by molar-refractivity contribution is 0.0526. The number of ether oxygens (including phenoxy) is 2. The van der Waals surface area contributed by atoms with E-state index in [9.17, 15) is 9.18 Å². The molecule has 0 aliphatic rings. The summed E-state index contributed by atoms with van der Waals surface area (Å²) in [4.78, 5) is 20.9. The van der Waals surface area contributed by atoms with Crippen molar-refractivity contribution in [1.82, 2.24) is 29.5 Å². The van der Waals surface area contributed by atoms with Crippen molar-refractivity contribution in [3.05, 3.63) is 84.1 Å². The Morgan fingerprint density at radius 1 is 1.03 bits per heavy atom. The molecular weight excluding hydrogens is 451 g/mol. The summed E-state index contributed by atoms with van der Waals surface area (Å²) in [5, 5.41) is 8.59. The van der Waals surface area contributed by atoms with Crippen LogP contribution in [0.25, 0.3) is 28.1 Å².